The normalized spacial score (nSPS) is 10.5. The Morgan fingerprint density at radius 1 is 1.29 bits per heavy atom. The number of aromatic hydroxyl groups is 1. The SMILES string of the molecule is CCn1ccc(CNc2ccc(O)cc2C)c1. The summed E-state index contributed by atoms with van der Waals surface area (Å²) in [4.78, 5) is 0. The van der Waals surface area contributed by atoms with Crippen molar-refractivity contribution in [2.45, 2.75) is 26.9 Å². The quantitative estimate of drug-likeness (QED) is 0.792. The second-order valence-electron chi connectivity index (χ2n) is 4.20. The molecular formula is C14H18N2O. The zero-order valence-electron chi connectivity index (χ0n) is 10.3. The van der Waals surface area contributed by atoms with Crippen molar-refractivity contribution >= 4 is 5.69 Å². The smallest absolute Gasteiger partial charge is 0.115 e. The van der Waals surface area contributed by atoms with Gasteiger partial charge in [-0.1, -0.05) is 0 Å². The number of anilines is 1. The van der Waals surface area contributed by atoms with Gasteiger partial charge in [0.25, 0.3) is 0 Å². The van der Waals surface area contributed by atoms with Gasteiger partial charge in [0.05, 0.1) is 0 Å². The second-order valence-corrected chi connectivity index (χ2v) is 4.20. The minimum absolute atomic E-state index is 0.310. The maximum atomic E-state index is 9.33. The van der Waals surface area contributed by atoms with Gasteiger partial charge in [-0.25, -0.2) is 0 Å². The Hall–Kier alpha value is -1.90. The summed E-state index contributed by atoms with van der Waals surface area (Å²) in [5.41, 5.74) is 3.38. The van der Waals surface area contributed by atoms with Crippen LogP contribution in [0.25, 0.3) is 0 Å². The summed E-state index contributed by atoms with van der Waals surface area (Å²) < 4.78 is 2.15. The lowest BCUT2D eigenvalue weighted by Gasteiger charge is -2.08. The summed E-state index contributed by atoms with van der Waals surface area (Å²) in [6.07, 6.45) is 4.23. The molecule has 0 atom stereocenters. The first-order valence-corrected chi connectivity index (χ1v) is 5.87. The third-order valence-electron chi connectivity index (χ3n) is 2.87. The molecule has 1 aromatic heterocycles. The van der Waals surface area contributed by atoms with E-state index in [0.717, 1.165) is 24.3 Å². The predicted octanol–water partition coefficient (Wildman–Crippen LogP) is 3.13. The van der Waals surface area contributed by atoms with E-state index in [1.807, 2.05) is 13.0 Å². The summed E-state index contributed by atoms with van der Waals surface area (Å²) in [6.45, 7) is 5.91. The van der Waals surface area contributed by atoms with Crippen LogP contribution in [0, 0.1) is 6.92 Å². The van der Waals surface area contributed by atoms with Crippen molar-refractivity contribution in [3.63, 3.8) is 0 Å². The second kappa shape index (κ2) is 4.95. The Labute approximate surface area is 102 Å². The molecule has 3 heteroatoms. The number of rotatable bonds is 4. The molecular weight excluding hydrogens is 212 g/mol. The van der Waals surface area contributed by atoms with Crippen LogP contribution in [0.1, 0.15) is 18.1 Å². The molecule has 0 amide bonds. The summed E-state index contributed by atoms with van der Waals surface area (Å²) in [5, 5.41) is 12.7. The number of nitrogens with zero attached hydrogens (tertiary/aromatic N) is 1. The van der Waals surface area contributed by atoms with Crippen molar-refractivity contribution in [1.82, 2.24) is 4.57 Å². The molecule has 2 aromatic rings. The van der Waals surface area contributed by atoms with Gasteiger partial charge < -0.3 is 15.0 Å². The van der Waals surface area contributed by atoms with Crippen molar-refractivity contribution in [1.29, 1.82) is 0 Å². The molecule has 3 nitrogen and oxygen atoms in total. The Balaban J connectivity index is 2.02. The van der Waals surface area contributed by atoms with E-state index < -0.39 is 0 Å². The first-order chi connectivity index (χ1) is 8.19. The van der Waals surface area contributed by atoms with E-state index in [4.69, 9.17) is 0 Å². The van der Waals surface area contributed by atoms with Crippen LogP contribution in [0.5, 0.6) is 5.75 Å². The monoisotopic (exact) mass is 230 g/mol. The molecule has 17 heavy (non-hydrogen) atoms. The molecule has 0 aliphatic rings. The molecule has 0 bridgehead atoms. The number of hydrogen-bond donors (Lipinski definition) is 2. The van der Waals surface area contributed by atoms with Crippen LogP contribution in [0.4, 0.5) is 5.69 Å². The van der Waals surface area contributed by atoms with Crippen molar-refractivity contribution < 1.29 is 5.11 Å². The molecule has 1 heterocycles. The van der Waals surface area contributed by atoms with Crippen LogP contribution >= 0.6 is 0 Å². The van der Waals surface area contributed by atoms with Crippen LogP contribution < -0.4 is 5.32 Å². The lowest BCUT2D eigenvalue weighted by Crippen LogP contribution is -2.00. The molecule has 0 saturated carbocycles. The van der Waals surface area contributed by atoms with Gasteiger partial charge in [-0.15, -0.1) is 0 Å². The Kier molecular flexibility index (Phi) is 3.38. The van der Waals surface area contributed by atoms with E-state index >= 15 is 0 Å². The van der Waals surface area contributed by atoms with Gasteiger partial charge in [0, 0.05) is 31.2 Å². The largest absolute Gasteiger partial charge is 0.508 e. The number of aromatic nitrogens is 1. The summed E-state index contributed by atoms with van der Waals surface area (Å²) in [6, 6.07) is 7.49. The standard InChI is InChI=1S/C14H18N2O/c1-3-16-7-6-12(10-16)9-15-14-5-4-13(17)8-11(14)2/h4-8,10,15,17H,3,9H2,1-2H3. The number of nitrogens with one attached hydrogen (secondary N) is 1. The van der Waals surface area contributed by atoms with E-state index in [0.29, 0.717) is 5.75 Å². The molecule has 90 valence electrons. The number of phenols is 1. The molecule has 0 spiro atoms. The van der Waals surface area contributed by atoms with Crippen molar-refractivity contribution in [2.24, 2.45) is 0 Å². The van der Waals surface area contributed by atoms with E-state index in [2.05, 4.69) is 35.3 Å². The molecule has 0 radical (unpaired) electrons. The highest BCUT2D eigenvalue weighted by Crippen LogP contribution is 2.20. The minimum Gasteiger partial charge on any atom is -0.508 e. The van der Waals surface area contributed by atoms with Crippen LogP contribution in [-0.2, 0) is 13.1 Å². The molecule has 2 N–H and O–H groups in total. The third-order valence-corrected chi connectivity index (χ3v) is 2.87. The number of aryl methyl sites for hydroxylation is 2. The average molecular weight is 230 g/mol. The fraction of sp³-hybridized carbons (Fsp3) is 0.286. The van der Waals surface area contributed by atoms with Gasteiger partial charge in [0.1, 0.15) is 5.75 Å². The highest BCUT2D eigenvalue weighted by atomic mass is 16.3. The highest BCUT2D eigenvalue weighted by Gasteiger charge is 2.00. The van der Waals surface area contributed by atoms with Gasteiger partial charge in [-0.3, -0.25) is 0 Å². The summed E-state index contributed by atoms with van der Waals surface area (Å²) in [7, 11) is 0. The van der Waals surface area contributed by atoms with Gasteiger partial charge in [0.2, 0.25) is 0 Å². The van der Waals surface area contributed by atoms with Crippen LogP contribution in [0.3, 0.4) is 0 Å². The minimum atomic E-state index is 0.310. The molecule has 0 unspecified atom stereocenters. The van der Waals surface area contributed by atoms with Crippen LogP contribution in [0.15, 0.2) is 36.7 Å². The Bertz CT molecular complexity index is 503. The third kappa shape index (κ3) is 2.81. The lowest BCUT2D eigenvalue weighted by molar-refractivity contribution is 0.475. The van der Waals surface area contributed by atoms with Crippen LogP contribution in [-0.4, -0.2) is 9.67 Å². The molecule has 2 rings (SSSR count). The fourth-order valence-electron chi connectivity index (χ4n) is 1.84. The fourth-order valence-corrected chi connectivity index (χ4v) is 1.84. The van der Waals surface area contributed by atoms with Gasteiger partial charge in [-0.2, -0.15) is 0 Å². The van der Waals surface area contributed by atoms with Gasteiger partial charge in [-0.05, 0) is 49.2 Å². The maximum Gasteiger partial charge on any atom is 0.115 e. The zero-order chi connectivity index (χ0) is 12.3. The van der Waals surface area contributed by atoms with Crippen LogP contribution in [0.2, 0.25) is 0 Å². The van der Waals surface area contributed by atoms with E-state index in [-0.39, 0.29) is 0 Å². The summed E-state index contributed by atoms with van der Waals surface area (Å²) in [5.74, 6) is 0.310. The lowest BCUT2D eigenvalue weighted by atomic mass is 10.2. The summed E-state index contributed by atoms with van der Waals surface area (Å²) >= 11 is 0. The molecule has 0 aliphatic carbocycles. The maximum absolute atomic E-state index is 9.33. The first kappa shape index (κ1) is 11.6. The number of hydrogen-bond acceptors (Lipinski definition) is 2. The molecule has 1 aromatic carbocycles. The topological polar surface area (TPSA) is 37.2 Å². The number of phenolic OH excluding ortho intramolecular Hbond substituents is 1. The molecule has 0 aliphatic heterocycles. The zero-order valence-corrected chi connectivity index (χ0v) is 10.3. The number of benzene rings is 1. The Morgan fingerprint density at radius 3 is 2.76 bits per heavy atom. The van der Waals surface area contributed by atoms with E-state index in [1.165, 1.54) is 5.56 Å². The average Bonchev–Trinajstić information content (AvgIpc) is 2.76. The van der Waals surface area contributed by atoms with E-state index in [1.54, 1.807) is 12.1 Å². The van der Waals surface area contributed by atoms with Gasteiger partial charge >= 0.3 is 0 Å². The molecule has 0 saturated heterocycles. The first-order valence-electron chi connectivity index (χ1n) is 5.87. The molecule has 0 fully saturated rings. The highest BCUT2D eigenvalue weighted by molar-refractivity contribution is 5.53. The van der Waals surface area contributed by atoms with Crippen molar-refractivity contribution in [2.75, 3.05) is 5.32 Å². The Morgan fingerprint density at radius 2 is 2.12 bits per heavy atom. The predicted molar refractivity (Wildman–Crippen MR) is 70.3 cm³/mol. The van der Waals surface area contributed by atoms with Gasteiger partial charge in [0.15, 0.2) is 0 Å². The van der Waals surface area contributed by atoms with Crippen molar-refractivity contribution in [3.05, 3.63) is 47.8 Å². The van der Waals surface area contributed by atoms with Crippen molar-refractivity contribution in [3.8, 4) is 5.75 Å². The van der Waals surface area contributed by atoms with E-state index in [9.17, 15) is 5.11 Å².